The molecule has 0 saturated heterocycles. The van der Waals surface area contributed by atoms with E-state index in [1.165, 1.54) is 6.20 Å². The number of Topliss-reactive ketones (excluding diaryl/α,β-unsaturated/α-hetero) is 1. The maximum Gasteiger partial charge on any atom is 0.295 e. The second-order valence-corrected chi connectivity index (χ2v) is 8.41. The van der Waals surface area contributed by atoms with Gasteiger partial charge in [-0.2, -0.15) is 0 Å². The summed E-state index contributed by atoms with van der Waals surface area (Å²) in [5, 5.41) is 0.489. The van der Waals surface area contributed by atoms with Crippen LogP contribution in [-0.2, 0) is 14.3 Å². The van der Waals surface area contributed by atoms with Gasteiger partial charge in [-0.05, 0) is 43.9 Å². The second-order valence-electron chi connectivity index (χ2n) is 7.98. The topological polar surface area (TPSA) is 59.5 Å². The number of amides is 1. The van der Waals surface area contributed by atoms with Gasteiger partial charge in [-0.3, -0.25) is 14.5 Å². The molecule has 5 rings (SSSR count). The van der Waals surface area contributed by atoms with Gasteiger partial charge in [0, 0.05) is 6.20 Å². The van der Waals surface area contributed by atoms with E-state index in [4.69, 9.17) is 16.3 Å². The Bertz CT molecular complexity index is 1010. The van der Waals surface area contributed by atoms with Gasteiger partial charge in [-0.1, -0.05) is 47.9 Å². The SMILES string of the molecule is Cc1ccc(C2C3=C(OC4CCCCC4C3=O)C(=O)N2c2ccc(Cl)cn2)cc1. The zero-order valence-corrected chi connectivity index (χ0v) is 16.9. The molecule has 3 heterocycles. The molecular formula is C23H21ClN2O3. The molecule has 29 heavy (non-hydrogen) atoms. The molecule has 0 bridgehead atoms. The minimum Gasteiger partial charge on any atom is -0.483 e. The van der Waals surface area contributed by atoms with E-state index in [1.54, 1.807) is 17.0 Å². The Morgan fingerprint density at radius 1 is 1.07 bits per heavy atom. The number of anilines is 1. The summed E-state index contributed by atoms with van der Waals surface area (Å²) in [4.78, 5) is 32.9. The average Bonchev–Trinajstić information content (AvgIpc) is 3.02. The molecule has 1 aromatic heterocycles. The fraction of sp³-hybridized carbons (Fsp3) is 0.348. The number of hydrogen-bond donors (Lipinski definition) is 0. The lowest BCUT2D eigenvalue weighted by molar-refractivity contribution is -0.131. The highest BCUT2D eigenvalue weighted by atomic mass is 35.5. The Labute approximate surface area is 174 Å². The minimum atomic E-state index is -0.540. The quantitative estimate of drug-likeness (QED) is 0.731. The number of hydrogen-bond acceptors (Lipinski definition) is 4. The minimum absolute atomic E-state index is 0.0475. The van der Waals surface area contributed by atoms with E-state index >= 15 is 0 Å². The van der Waals surface area contributed by atoms with Crippen molar-refractivity contribution >= 4 is 29.1 Å². The Balaban J connectivity index is 1.65. The van der Waals surface area contributed by atoms with Crippen LogP contribution in [0.25, 0.3) is 0 Å². The standard InChI is InChI=1S/C23H21ClN2O3/c1-13-6-8-14(9-7-13)20-19-21(27)16-4-2-3-5-17(16)29-22(19)23(28)26(20)18-11-10-15(24)12-25-18/h6-12,16-17,20H,2-5H2,1H3. The third-order valence-electron chi connectivity index (χ3n) is 6.11. The van der Waals surface area contributed by atoms with Crippen molar-refractivity contribution < 1.29 is 14.3 Å². The van der Waals surface area contributed by atoms with Crippen molar-refractivity contribution in [3.05, 3.63) is 70.1 Å². The second kappa shape index (κ2) is 6.99. The number of carbonyl (C=O) groups is 2. The Morgan fingerprint density at radius 3 is 2.55 bits per heavy atom. The van der Waals surface area contributed by atoms with Gasteiger partial charge in [0.2, 0.25) is 0 Å². The number of halogens is 1. The van der Waals surface area contributed by atoms with Crippen LogP contribution < -0.4 is 4.90 Å². The van der Waals surface area contributed by atoms with Gasteiger partial charge in [0.15, 0.2) is 11.5 Å². The van der Waals surface area contributed by atoms with Crippen molar-refractivity contribution in [2.45, 2.75) is 44.8 Å². The van der Waals surface area contributed by atoms with E-state index in [-0.39, 0.29) is 29.5 Å². The highest BCUT2D eigenvalue weighted by Crippen LogP contribution is 2.47. The van der Waals surface area contributed by atoms with Crippen LogP contribution in [-0.4, -0.2) is 22.8 Å². The zero-order valence-electron chi connectivity index (χ0n) is 16.1. The Kier molecular flexibility index (Phi) is 4.43. The number of fused-ring (bicyclic) bond motifs is 1. The zero-order chi connectivity index (χ0) is 20.1. The summed E-state index contributed by atoms with van der Waals surface area (Å²) in [5.74, 6) is 0.227. The molecule has 1 aromatic carbocycles. The van der Waals surface area contributed by atoms with E-state index in [2.05, 4.69) is 4.98 Å². The van der Waals surface area contributed by atoms with Crippen molar-refractivity contribution in [3.63, 3.8) is 0 Å². The molecule has 0 spiro atoms. The first-order valence-corrected chi connectivity index (χ1v) is 10.4. The summed E-state index contributed by atoms with van der Waals surface area (Å²) in [6, 6.07) is 10.8. The number of carbonyl (C=O) groups excluding carboxylic acids is 2. The van der Waals surface area contributed by atoms with Crippen LogP contribution in [0.5, 0.6) is 0 Å². The molecule has 3 unspecified atom stereocenters. The molecule has 2 aromatic rings. The average molecular weight is 409 g/mol. The maximum atomic E-state index is 13.5. The van der Waals surface area contributed by atoms with Crippen LogP contribution in [0.3, 0.4) is 0 Å². The van der Waals surface area contributed by atoms with Crippen molar-refractivity contribution in [3.8, 4) is 0 Å². The van der Waals surface area contributed by atoms with Gasteiger partial charge in [0.25, 0.3) is 5.91 Å². The van der Waals surface area contributed by atoms with E-state index < -0.39 is 6.04 Å². The molecule has 6 heteroatoms. The van der Waals surface area contributed by atoms with Crippen LogP contribution in [0.4, 0.5) is 5.82 Å². The summed E-state index contributed by atoms with van der Waals surface area (Å²) in [7, 11) is 0. The Morgan fingerprint density at radius 2 is 1.83 bits per heavy atom. The molecule has 0 N–H and O–H groups in total. The number of aromatic nitrogens is 1. The molecule has 3 aliphatic rings. The van der Waals surface area contributed by atoms with Crippen LogP contribution in [0, 0.1) is 12.8 Å². The molecule has 1 aliphatic carbocycles. The highest BCUT2D eigenvalue weighted by Gasteiger charge is 2.52. The Hall–Kier alpha value is -2.66. The lowest BCUT2D eigenvalue weighted by Crippen LogP contribution is -2.39. The number of ether oxygens (including phenoxy) is 1. The predicted molar refractivity (Wildman–Crippen MR) is 110 cm³/mol. The molecular weight excluding hydrogens is 388 g/mol. The number of nitrogens with zero attached hydrogens (tertiary/aromatic N) is 2. The van der Waals surface area contributed by atoms with Gasteiger partial charge in [-0.15, -0.1) is 0 Å². The van der Waals surface area contributed by atoms with Gasteiger partial charge in [-0.25, -0.2) is 4.98 Å². The normalized spacial score (nSPS) is 26.3. The smallest absolute Gasteiger partial charge is 0.295 e. The lowest BCUT2D eigenvalue weighted by atomic mass is 9.77. The van der Waals surface area contributed by atoms with Crippen LogP contribution in [0.2, 0.25) is 5.02 Å². The number of aryl methyl sites for hydroxylation is 1. The molecule has 1 amide bonds. The van der Waals surface area contributed by atoms with E-state index in [9.17, 15) is 9.59 Å². The number of pyridine rings is 1. The fourth-order valence-corrected chi connectivity index (χ4v) is 4.77. The predicted octanol–water partition coefficient (Wildman–Crippen LogP) is 4.54. The van der Waals surface area contributed by atoms with Gasteiger partial charge < -0.3 is 4.74 Å². The van der Waals surface area contributed by atoms with E-state index in [0.29, 0.717) is 16.4 Å². The van der Waals surface area contributed by atoms with Crippen LogP contribution in [0.15, 0.2) is 53.9 Å². The molecule has 3 atom stereocenters. The number of ketones is 1. The van der Waals surface area contributed by atoms with Crippen molar-refractivity contribution in [2.24, 2.45) is 5.92 Å². The molecule has 5 nitrogen and oxygen atoms in total. The molecule has 148 valence electrons. The van der Waals surface area contributed by atoms with E-state index in [0.717, 1.165) is 36.8 Å². The van der Waals surface area contributed by atoms with Gasteiger partial charge in [0.05, 0.1) is 22.6 Å². The third kappa shape index (κ3) is 2.96. The first-order valence-electron chi connectivity index (χ1n) is 10.0. The largest absolute Gasteiger partial charge is 0.483 e. The van der Waals surface area contributed by atoms with Gasteiger partial charge in [0.1, 0.15) is 11.9 Å². The fourth-order valence-electron chi connectivity index (χ4n) is 4.66. The van der Waals surface area contributed by atoms with Crippen LogP contribution >= 0.6 is 11.6 Å². The van der Waals surface area contributed by atoms with Gasteiger partial charge >= 0.3 is 0 Å². The molecule has 1 saturated carbocycles. The molecule has 2 aliphatic heterocycles. The third-order valence-corrected chi connectivity index (χ3v) is 6.34. The highest BCUT2D eigenvalue weighted by molar-refractivity contribution is 6.30. The maximum absolute atomic E-state index is 13.5. The lowest BCUT2D eigenvalue weighted by Gasteiger charge is -2.35. The number of rotatable bonds is 2. The van der Waals surface area contributed by atoms with Crippen molar-refractivity contribution in [1.82, 2.24) is 4.98 Å². The van der Waals surface area contributed by atoms with Crippen molar-refractivity contribution in [2.75, 3.05) is 4.90 Å². The summed E-state index contributed by atoms with van der Waals surface area (Å²) in [5.41, 5.74) is 2.46. The molecule has 0 radical (unpaired) electrons. The first-order chi connectivity index (χ1) is 14.0. The summed E-state index contributed by atoms with van der Waals surface area (Å²) in [6.07, 6.45) is 4.98. The summed E-state index contributed by atoms with van der Waals surface area (Å²) < 4.78 is 6.16. The first kappa shape index (κ1) is 18.4. The molecule has 1 fully saturated rings. The van der Waals surface area contributed by atoms with E-state index in [1.807, 2.05) is 31.2 Å². The van der Waals surface area contributed by atoms with Crippen molar-refractivity contribution in [1.29, 1.82) is 0 Å². The summed E-state index contributed by atoms with van der Waals surface area (Å²) >= 11 is 6.00. The monoisotopic (exact) mass is 408 g/mol. The van der Waals surface area contributed by atoms with Crippen LogP contribution in [0.1, 0.15) is 42.9 Å². The summed E-state index contributed by atoms with van der Waals surface area (Å²) in [6.45, 7) is 2.01. The number of benzene rings is 1.